The topological polar surface area (TPSA) is 125 Å². The van der Waals surface area contributed by atoms with E-state index in [9.17, 15) is 9.59 Å². The second-order valence-corrected chi connectivity index (χ2v) is 5.48. The second kappa shape index (κ2) is 7.39. The van der Waals surface area contributed by atoms with Crippen LogP contribution in [0.5, 0.6) is 0 Å². The van der Waals surface area contributed by atoms with Crippen molar-refractivity contribution >= 4 is 23.4 Å². The predicted octanol–water partition coefficient (Wildman–Crippen LogP) is 2.30. The standard InChI is InChI=1S/C18H17N5O3/c19-15-10-23(22-16(15)17(20)24)14-8-6-13(7-9-14)21-18(25)26-11-12-4-2-1-3-5-12/h1-10H,11,19H2,(H2,20,24)(H,21,25). The lowest BCUT2D eigenvalue weighted by atomic mass is 10.2. The zero-order chi connectivity index (χ0) is 18.5. The van der Waals surface area contributed by atoms with E-state index >= 15 is 0 Å². The predicted molar refractivity (Wildman–Crippen MR) is 96.7 cm³/mol. The molecular formula is C18H17N5O3. The Morgan fingerprint density at radius 1 is 1.08 bits per heavy atom. The zero-order valence-electron chi connectivity index (χ0n) is 13.8. The first-order valence-corrected chi connectivity index (χ1v) is 7.76. The van der Waals surface area contributed by atoms with Crippen LogP contribution in [-0.4, -0.2) is 21.8 Å². The van der Waals surface area contributed by atoms with E-state index in [1.54, 1.807) is 24.3 Å². The first-order valence-electron chi connectivity index (χ1n) is 7.76. The number of nitrogens with two attached hydrogens (primary N) is 2. The lowest BCUT2D eigenvalue weighted by Gasteiger charge is -2.08. The number of carbonyl (C=O) groups is 2. The summed E-state index contributed by atoms with van der Waals surface area (Å²) >= 11 is 0. The normalized spacial score (nSPS) is 10.3. The van der Waals surface area contributed by atoms with Crippen molar-refractivity contribution in [3.63, 3.8) is 0 Å². The van der Waals surface area contributed by atoms with Crippen LogP contribution >= 0.6 is 0 Å². The van der Waals surface area contributed by atoms with E-state index in [2.05, 4.69) is 10.4 Å². The maximum atomic E-state index is 11.8. The molecule has 0 fully saturated rings. The molecule has 0 saturated carbocycles. The fourth-order valence-electron chi connectivity index (χ4n) is 2.29. The van der Waals surface area contributed by atoms with Crippen molar-refractivity contribution < 1.29 is 14.3 Å². The number of primary amides is 1. The Labute approximate surface area is 149 Å². The molecule has 0 bridgehead atoms. The lowest BCUT2D eigenvalue weighted by molar-refractivity contribution is 0.0996. The van der Waals surface area contributed by atoms with Crippen molar-refractivity contribution in [2.45, 2.75) is 6.61 Å². The number of anilines is 2. The summed E-state index contributed by atoms with van der Waals surface area (Å²) in [5.41, 5.74) is 13.2. The molecule has 26 heavy (non-hydrogen) atoms. The van der Waals surface area contributed by atoms with Crippen LogP contribution in [0.3, 0.4) is 0 Å². The summed E-state index contributed by atoms with van der Waals surface area (Å²) < 4.78 is 6.59. The Kier molecular flexibility index (Phi) is 4.84. The van der Waals surface area contributed by atoms with Crippen molar-refractivity contribution in [2.24, 2.45) is 5.73 Å². The molecule has 0 radical (unpaired) electrons. The Hall–Kier alpha value is -3.81. The Bertz CT molecular complexity index is 920. The number of ether oxygens (including phenoxy) is 1. The van der Waals surface area contributed by atoms with Crippen LogP contribution in [-0.2, 0) is 11.3 Å². The van der Waals surface area contributed by atoms with E-state index in [1.165, 1.54) is 10.9 Å². The minimum atomic E-state index is -0.694. The molecule has 0 aliphatic carbocycles. The summed E-state index contributed by atoms with van der Waals surface area (Å²) in [6.45, 7) is 0.188. The van der Waals surface area contributed by atoms with Crippen LogP contribution in [0.2, 0.25) is 0 Å². The third-order valence-electron chi connectivity index (χ3n) is 3.57. The van der Waals surface area contributed by atoms with Gasteiger partial charge in [-0.1, -0.05) is 30.3 Å². The van der Waals surface area contributed by atoms with Crippen LogP contribution in [0.25, 0.3) is 5.69 Å². The van der Waals surface area contributed by atoms with Crippen molar-refractivity contribution in [1.29, 1.82) is 0 Å². The number of nitrogens with zero attached hydrogens (tertiary/aromatic N) is 2. The van der Waals surface area contributed by atoms with Crippen LogP contribution in [0, 0.1) is 0 Å². The van der Waals surface area contributed by atoms with Gasteiger partial charge in [-0.05, 0) is 29.8 Å². The number of aromatic nitrogens is 2. The molecule has 0 aliphatic rings. The number of rotatable bonds is 5. The quantitative estimate of drug-likeness (QED) is 0.650. The summed E-state index contributed by atoms with van der Waals surface area (Å²) in [7, 11) is 0. The van der Waals surface area contributed by atoms with E-state index in [1.807, 2.05) is 30.3 Å². The van der Waals surface area contributed by atoms with E-state index in [-0.39, 0.29) is 18.0 Å². The first kappa shape index (κ1) is 17.0. The third kappa shape index (κ3) is 3.99. The lowest BCUT2D eigenvalue weighted by Crippen LogP contribution is -2.14. The Morgan fingerprint density at radius 3 is 2.38 bits per heavy atom. The fraction of sp³-hybridized carbons (Fsp3) is 0.0556. The molecular weight excluding hydrogens is 334 g/mol. The van der Waals surface area contributed by atoms with Crippen LogP contribution in [0.1, 0.15) is 16.1 Å². The molecule has 132 valence electrons. The van der Waals surface area contributed by atoms with Gasteiger partial charge in [0.15, 0.2) is 5.69 Å². The molecule has 3 rings (SSSR count). The van der Waals surface area contributed by atoms with Gasteiger partial charge in [0.1, 0.15) is 6.61 Å². The number of nitrogen functional groups attached to an aromatic ring is 1. The molecule has 0 saturated heterocycles. The van der Waals surface area contributed by atoms with Gasteiger partial charge in [0.25, 0.3) is 5.91 Å². The highest BCUT2D eigenvalue weighted by molar-refractivity contribution is 5.95. The highest BCUT2D eigenvalue weighted by Crippen LogP contribution is 2.17. The van der Waals surface area contributed by atoms with E-state index in [0.717, 1.165) is 5.56 Å². The van der Waals surface area contributed by atoms with Crippen molar-refractivity contribution in [3.05, 3.63) is 72.1 Å². The van der Waals surface area contributed by atoms with Gasteiger partial charge in [-0.15, -0.1) is 0 Å². The molecule has 2 aromatic carbocycles. The number of hydrogen-bond acceptors (Lipinski definition) is 5. The molecule has 8 heteroatoms. The summed E-state index contributed by atoms with van der Waals surface area (Å²) in [4.78, 5) is 23.1. The molecule has 0 unspecified atom stereocenters. The summed E-state index contributed by atoms with van der Waals surface area (Å²) in [5.74, 6) is -0.694. The molecule has 0 atom stereocenters. The number of carbonyl (C=O) groups excluding carboxylic acids is 2. The number of hydrogen-bond donors (Lipinski definition) is 3. The van der Waals surface area contributed by atoms with Crippen molar-refractivity contribution in [2.75, 3.05) is 11.1 Å². The maximum absolute atomic E-state index is 11.8. The smallest absolute Gasteiger partial charge is 0.411 e. The third-order valence-corrected chi connectivity index (χ3v) is 3.57. The first-order chi connectivity index (χ1) is 12.5. The highest BCUT2D eigenvalue weighted by Gasteiger charge is 2.12. The SMILES string of the molecule is NC(=O)c1nn(-c2ccc(NC(=O)OCc3ccccc3)cc2)cc1N. The van der Waals surface area contributed by atoms with E-state index in [4.69, 9.17) is 16.2 Å². The highest BCUT2D eigenvalue weighted by atomic mass is 16.5. The zero-order valence-corrected chi connectivity index (χ0v) is 13.8. The Morgan fingerprint density at radius 2 is 1.77 bits per heavy atom. The molecule has 1 aromatic heterocycles. The van der Waals surface area contributed by atoms with Gasteiger partial charge in [-0.3, -0.25) is 10.1 Å². The average molecular weight is 351 g/mol. The van der Waals surface area contributed by atoms with E-state index in [0.29, 0.717) is 11.4 Å². The minimum Gasteiger partial charge on any atom is -0.444 e. The van der Waals surface area contributed by atoms with Crippen LogP contribution in [0.15, 0.2) is 60.8 Å². The van der Waals surface area contributed by atoms with Gasteiger partial charge in [-0.2, -0.15) is 5.10 Å². The van der Waals surface area contributed by atoms with Crippen LogP contribution < -0.4 is 16.8 Å². The molecule has 8 nitrogen and oxygen atoms in total. The van der Waals surface area contributed by atoms with Gasteiger partial charge in [-0.25, -0.2) is 9.48 Å². The molecule has 0 aliphatic heterocycles. The van der Waals surface area contributed by atoms with Gasteiger partial charge in [0, 0.05) is 5.69 Å². The molecule has 0 spiro atoms. The molecule has 3 aromatic rings. The van der Waals surface area contributed by atoms with Gasteiger partial charge >= 0.3 is 6.09 Å². The van der Waals surface area contributed by atoms with Gasteiger partial charge < -0.3 is 16.2 Å². The summed E-state index contributed by atoms with van der Waals surface area (Å²) in [5, 5.41) is 6.67. The van der Waals surface area contributed by atoms with Crippen molar-refractivity contribution in [3.8, 4) is 5.69 Å². The largest absolute Gasteiger partial charge is 0.444 e. The maximum Gasteiger partial charge on any atom is 0.411 e. The van der Waals surface area contributed by atoms with E-state index < -0.39 is 12.0 Å². The minimum absolute atomic E-state index is 0.0108. The molecule has 2 amide bonds. The monoisotopic (exact) mass is 351 g/mol. The Balaban J connectivity index is 1.61. The van der Waals surface area contributed by atoms with Gasteiger partial charge in [0.05, 0.1) is 17.6 Å². The molecule has 1 heterocycles. The summed E-state index contributed by atoms with van der Waals surface area (Å²) in [6, 6.07) is 16.2. The van der Waals surface area contributed by atoms with Crippen LogP contribution in [0.4, 0.5) is 16.2 Å². The second-order valence-electron chi connectivity index (χ2n) is 5.48. The number of nitrogens with one attached hydrogen (secondary N) is 1. The average Bonchev–Trinajstić information content (AvgIpc) is 3.03. The van der Waals surface area contributed by atoms with Gasteiger partial charge in [0.2, 0.25) is 0 Å². The number of benzene rings is 2. The van der Waals surface area contributed by atoms with Crippen molar-refractivity contribution in [1.82, 2.24) is 9.78 Å². The summed E-state index contributed by atoms with van der Waals surface area (Å²) in [6.07, 6.45) is 0.942. The molecule has 5 N–H and O–H groups in total. The fourth-order valence-corrected chi connectivity index (χ4v) is 2.29. The number of amides is 2.